The molecular formula is C30H36Cl2N2O5S2. The van der Waals surface area contributed by atoms with Crippen molar-refractivity contribution in [3.63, 3.8) is 0 Å². The third-order valence-electron chi connectivity index (χ3n) is 7.37. The smallest absolute Gasteiger partial charge is 0.245 e. The molecule has 1 aliphatic rings. The molecule has 0 spiro atoms. The topological polar surface area (TPSA) is 76.2 Å². The predicted octanol–water partition coefficient (Wildman–Crippen LogP) is 6.98. The van der Waals surface area contributed by atoms with Gasteiger partial charge in [0, 0.05) is 27.4 Å². The minimum atomic E-state index is -4.09. The van der Waals surface area contributed by atoms with E-state index in [1.54, 1.807) is 36.5 Å². The van der Waals surface area contributed by atoms with Crippen molar-refractivity contribution in [2.75, 3.05) is 27.3 Å². The fraction of sp³-hybridized carbons (Fsp3) is 0.433. The molecule has 41 heavy (non-hydrogen) atoms. The van der Waals surface area contributed by atoms with E-state index in [0.717, 1.165) is 34.6 Å². The van der Waals surface area contributed by atoms with Crippen LogP contribution in [0.3, 0.4) is 0 Å². The van der Waals surface area contributed by atoms with Crippen LogP contribution in [0.1, 0.15) is 47.4 Å². The second kappa shape index (κ2) is 14.2. The summed E-state index contributed by atoms with van der Waals surface area (Å²) in [6.07, 6.45) is 4.82. The van der Waals surface area contributed by atoms with Crippen molar-refractivity contribution in [1.29, 1.82) is 0 Å². The molecule has 1 heterocycles. The Hall–Kier alpha value is -2.30. The monoisotopic (exact) mass is 638 g/mol. The summed E-state index contributed by atoms with van der Waals surface area (Å²) in [6, 6.07) is 13.8. The van der Waals surface area contributed by atoms with Crippen LogP contribution < -0.4 is 9.47 Å². The molecule has 11 heteroatoms. The highest BCUT2D eigenvalue weighted by atomic mass is 35.5. The van der Waals surface area contributed by atoms with Gasteiger partial charge in [-0.1, -0.05) is 48.5 Å². The summed E-state index contributed by atoms with van der Waals surface area (Å²) in [5.74, 6) is 0.986. The van der Waals surface area contributed by atoms with Crippen molar-refractivity contribution in [1.82, 2.24) is 9.21 Å². The Morgan fingerprint density at radius 1 is 0.976 bits per heavy atom. The van der Waals surface area contributed by atoms with Crippen LogP contribution in [0.25, 0.3) is 0 Å². The van der Waals surface area contributed by atoms with Crippen LogP contribution in [0.4, 0.5) is 0 Å². The number of methoxy groups -OCH3 is 2. The quantitative estimate of drug-likeness (QED) is 0.214. The number of carbonyl (C=O) groups excluding carboxylic acids is 1. The van der Waals surface area contributed by atoms with Crippen molar-refractivity contribution in [2.24, 2.45) is 0 Å². The van der Waals surface area contributed by atoms with E-state index >= 15 is 0 Å². The van der Waals surface area contributed by atoms with Gasteiger partial charge in [-0.3, -0.25) is 4.79 Å². The van der Waals surface area contributed by atoms with E-state index < -0.39 is 10.0 Å². The molecule has 1 fully saturated rings. The van der Waals surface area contributed by atoms with Crippen LogP contribution in [0.15, 0.2) is 53.4 Å². The molecule has 1 amide bonds. The number of halogens is 2. The highest BCUT2D eigenvalue weighted by Crippen LogP contribution is 2.33. The number of benzene rings is 2. The lowest BCUT2D eigenvalue weighted by molar-refractivity contribution is -0.132. The van der Waals surface area contributed by atoms with Gasteiger partial charge in [0.05, 0.1) is 32.3 Å². The molecule has 0 unspecified atom stereocenters. The second-order valence-corrected chi connectivity index (χ2v) is 14.3. The first-order valence-electron chi connectivity index (χ1n) is 13.6. The normalized spacial score (nSPS) is 14.3. The van der Waals surface area contributed by atoms with E-state index in [-0.39, 0.29) is 33.4 Å². The lowest BCUT2D eigenvalue weighted by atomic mass is 9.95. The third-order valence-corrected chi connectivity index (χ3v) is 11.0. The van der Waals surface area contributed by atoms with Crippen molar-refractivity contribution < 1.29 is 22.7 Å². The molecule has 1 saturated carbocycles. The Morgan fingerprint density at radius 3 is 2.37 bits per heavy atom. The van der Waals surface area contributed by atoms with Gasteiger partial charge in [0.2, 0.25) is 15.9 Å². The van der Waals surface area contributed by atoms with Crippen molar-refractivity contribution in [2.45, 2.75) is 62.9 Å². The zero-order valence-corrected chi connectivity index (χ0v) is 26.7. The first kappa shape index (κ1) is 31.6. The average molecular weight is 640 g/mol. The van der Waals surface area contributed by atoms with Gasteiger partial charge in [0.25, 0.3) is 0 Å². The van der Waals surface area contributed by atoms with Crippen molar-refractivity contribution in [3.8, 4) is 11.5 Å². The number of hydrogen-bond acceptors (Lipinski definition) is 6. The molecule has 0 N–H and O–H groups in total. The molecule has 0 radical (unpaired) electrons. The zero-order chi connectivity index (χ0) is 29.6. The summed E-state index contributed by atoms with van der Waals surface area (Å²) >= 11 is 14.2. The maximum absolute atomic E-state index is 14.0. The van der Waals surface area contributed by atoms with Gasteiger partial charge in [-0.25, -0.2) is 8.42 Å². The minimum Gasteiger partial charge on any atom is -0.493 e. The lowest BCUT2D eigenvalue weighted by Crippen LogP contribution is -2.48. The molecule has 1 aliphatic carbocycles. The molecule has 4 rings (SSSR count). The number of rotatable bonds is 12. The largest absolute Gasteiger partial charge is 0.493 e. The molecule has 7 nitrogen and oxygen atoms in total. The molecule has 0 aliphatic heterocycles. The van der Waals surface area contributed by atoms with E-state index in [1.807, 2.05) is 37.3 Å². The highest BCUT2D eigenvalue weighted by Gasteiger charge is 2.36. The fourth-order valence-corrected chi connectivity index (χ4v) is 8.44. The van der Waals surface area contributed by atoms with Gasteiger partial charge in [0.1, 0.15) is 4.90 Å². The van der Waals surface area contributed by atoms with Gasteiger partial charge < -0.3 is 14.4 Å². The molecule has 3 aromatic rings. The maximum Gasteiger partial charge on any atom is 0.245 e. The number of amides is 1. The molecule has 1 aromatic heterocycles. The fourth-order valence-electron chi connectivity index (χ4n) is 5.16. The number of aryl methyl sites for hydroxylation is 1. The van der Waals surface area contributed by atoms with Crippen molar-refractivity contribution in [3.05, 3.63) is 73.9 Å². The SMILES string of the molecule is COc1ccc(CCN(Cc2ccc(C)s2)C(=O)CN(C2CCCCC2)S(=O)(=O)c2cc(Cl)ccc2Cl)cc1OC. The van der Waals surface area contributed by atoms with Gasteiger partial charge in [0.15, 0.2) is 11.5 Å². The Bertz CT molecular complexity index is 1450. The van der Waals surface area contributed by atoms with E-state index in [0.29, 0.717) is 43.9 Å². The molecule has 222 valence electrons. The predicted molar refractivity (Wildman–Crippen MR) is 165 cm³/mol. The number of thiophene rings is 1. The average Bonchev–Trinajstić information content (AvgIpc) is 3.39. The van der Waals surface area contributed by atoms with Crippen LogP contribution in [0, 0.1) is 6.92 Å². The van der Waals surface area contributed by atoms with Gasteiger partial charge in [-0.15, -0.1) is 11.3 Å². The Balaban J connectivity index is 1.62. The third kappa shape index (κ3) is 7.96. The molecule has 2 aromatic carbocycles. The van der Waals surface area contributed by atoms with Gasteiger partial charge in [-0.2, -0.15) is 4.31 Å². The number of carbonyl (C=O) groups is 1. The number of sulfonamides is 1. The van der Waals surface area contributed by atoms with Crippen molar-refractivity contribution >= 4 is 50.5 Å². The Kier molecular flexibility index (Phi) is 11.0. The van der Waals surface area contributed by atoms with Crippen LogP contribution >= 0.6 is 34.5 Å². The summed E-state index contributed by atoms with van der Waals surface area (Å²) in [5, 5.41) is 0.356. The second-order valence-electron chi connectivity index (χ2n) is 10.2. The molecule has 0 saturated heterocycles. The standard InChI is InChI=1S/C30H36Cl2N2O5S2/c1-21-9-12-25(40-21)19-33(16-15-22-10-14-27(38-2)28(17-22)39-3)30(35)20-34(24-7-5-4-6-8-24)41(36,37)29-18-23(31)11-13-26(29)32/h9-14,17-18,24H,4-8,15-16,19-20H2,1-3H3. The van der Waals surface area contributed by atoms with E-state index in [1.165, 1.54) is 16.4 Å². The van der Waals surface area contributed by atoms with E-state index in [2.05, 4.69) is 0 Å². The summed E-state index contributed by atoms with van der Waals surface area (Å²) in [4.78, 5) is 17.9. The number of ether oxygens (including phenoxy) is 2. The molecule has 0 atom stereocenters. The van der Waals surface area contributed by atoms with Crippen LogP contribution in [-0.2, 0) is 27.8 Å². The molecular weight excluding hydrogens is 603 g/mol. The van der Waals surface area contributed by atoms with E-state index in [4.69, 9.17) is 32.7 Å². The van der Waals surface area contributed by atoms with Crippen LogP contribution in [0.5, 0.6) is 11.5 Å². The number of nitrogens with zero attached hydrogens (tertiary/aromatic N) is 2. The zero-order valence-electron chi connectivity index (χ0n) is 23.6. The first-order chi connectivity index (χ1) is 19.6. The van der Waals surface area contributed by atoms with Gasteiger partial charge in [-0.05, 0) is 74.2 Å². The van der Waals surface area contributed by atoms with Crippen LogP contribution in [0.2, 0.25) is 10.0 Å². The molecule has 0 bridgehead atoms. The van der Waals surface area contributed by atoms with Gasteiger partial charge >= 0.3 is 0 Å². The summed E-state index contributed by atoms with van der Waals surface area (Å²) in [6.45, 7) is 2.55. The lowest BCUT2D eigenvalue weighted by Gasteiger charge is -2.34. The Labute approximate surface area is 257 Å². The minimum absolute atomic E-state index is 0.0733. The maximum atomic E-state index is 14.0. The Morgan fingerprint density at radius 2 is 1.71 bits per heavy atom. The van der Waals surface area contributed by atoms with Crippen LogP contribution in [-0.4, -0.2) is 56.9 Å². The summed E-state index contributed by atoms with van der Waals surface area (Å²) in [5.41, 5.74) is 0.977. The highest BCUT2D eigenvalue weighted by molar-refractivity contribution is 7.89. The summed E-state index contributed by atoms with van der Waals surface area (Å²) < 4.78 is 40.2. The first-order valence-corrected chi connectivity index (χ1v) is 16.6. The number of hydrogen-bond donors (Lipinski definition) is 0. The van der Waals surface area contributed by atoms with E-state index in [9.17, 15) is 13.2 Å². The summed E-state index contributed by atoms with van der Waals surface area (Å²) in [7, 11) is -0.920.